The maximum Gasteiger partial charge on any atom is 0.258 e. The molecule has 25 heavy (non-hydrogen) atoms. The zero-order valence-corrected chi connectivity index (χ0v) is 13.4. The lowest BCUT2D eigenvalue weighted by atomic mass is 10.1. The molecular weight excluding hydrogens is 333 g/mol. The van der Waals surface area contributed by atoms with Crippen molar-refractivity contribution >= 4 is 11.6 Å². The Morgan fingerprint density at radius 2 is 1.68 bits per heavy atom. The first-order chi connectivity index (χ1) is 12.0. The molecule has 4 nitrogen and oxygen atoms in total. The molecule has 1 N–H and O–H groups in total. The first-order valence-corrected chi connectivity index (χ1v) is 7.88. The van der Waals surface area contributed by atoms with Gasteiger partial charge in [0, 0.05) is 25.3 Å². The fourth-order valence-electron chi connectivity index (χ4n) is 2.61. The van der Waals surface area contributed by atoms with Crippen LogP contribution in [0.5, 0.6) is 0 Å². The van der Waals surface area contributed by atoms with E-state index in [9.17, 15) is 18.0 Å². The number of benzene rings is 2. The summed E-state index contributed by atoms with van der Waals surface area (Å²) in [5.74, 6) is -5.33. The Balaban J connectivity index is 1.65. The Kier molecular flexibility index (Phi) is 5.35. The van der Waals surface area contributed by atoms with Crippen LogP contribution in [0.1, 0.15) is 15.9 Å². The quantitative estimate of drug-likeness (QED) is 0.861. The monoisotopic (exact) mass is 350 g/mol. The Labute approximate surface area is 143 Å². The van der Waals surface area contributed by atoms with E-state index in [1.54, 1.807) is 12.1 Å². The summed E-state index contributed by atoms with van der Waals surface area (Å²) in [5, 5.41) is 2.47. The highest BCUT2D eigenvalue weighted by atomic mass is 19.2. The van der Waals surface area contributed by atoms with Gasteiger partial charge in [-0.2, -0.15) is 0 Å². The average Bonchev–Trinajstić information content (AvgIpc) is 2.62. The van der Waals surface area contributed by atoms with E-state index in [4.69, 9.17) is 4.74 Å². The van der Waals surface area contributed by atoms with E-state index >= 15 is 0 Å². The standard InChI is InChI=1S/C18H17F3N2O2/c19-15-6-5-14(16(20)17(15)21)18(24)22-13-3-1-12(2-4-13)11-23-7-9-25-10-8-23/h1-6H,7-11H2,(H,22,24). The second-order valence-corrected chi connectivity index (χ2v) is 5.76. The predicted molar refractivity (Wildman–Crippen MR) is 86.8 cm³/mol. The SMILES string of the molecule is O=C(Nc1ccc(CN2CCOCC2)cc1)c1ccc(F)c(F)c1F. The van der Waals surface area contributed by atoms with E-state index < -0.39 is 28.9 Å². The summed E-state index contributed by atoms with van der Waals surface area (Å²) in [7, 11) is 0. The smallest absolute Gasteiger partial charge is 0.258 e. The first-order valence-electron chi connectivity index (χ1n) is 7.88. The molecule has 0 unspecified atom stereocenters. The summed E-state index contributed by atoms with van der Waals surface area (Å²) in [5.41, 5.74) is 0.968. The van der Waals surface area contributed by atoms with Crippen molar-refractivity contribution in [3.63, 3.8) is 0 Å². The van der Waals surface area contributed by atoms with Crippen LogP contribution in [0.3, 0.4) is 0 Å². The molecule has 1 heterocycles. The van der Waals surface area contributed by atoms with Gasteiger partial charge in [-0.25, -0.2) is 13.2 Å². The number of ether oxygens (including phenoxy) is 1. The number of nitrogens with zero attached hydrogens (tertiary/aromatic N) is 1. The lowest BCUT2D eigenvalue weighted by Crippen LogP contribution is -2.35. The molecule has 7 heteroatoms. The van der Waals surface area contributed by atoms with E-state index in [0.29, 0.717) is 18.9 Å². The van der Waals surface area contributed by atoms with Gasteiger partial charge in [0.15, 0.2) is 17.5 Å². The van der Waals surface area contributed by atoms with Gasteiger partial charge in [0.05, 0.1) is 18.8 Å². The van der Waals surface area contributed by atoms with Gasteiger partial charge < -0.3 is 10.1 Å². The van der Waals surface area contributed by atoms with Crippen LogP contribution in [-0.4, -0.2) is 37.1 Å². The van der Waals surface area contributed by atoms with Crippen molar-refractivity contribution in [2.45, 2.75) is 6.54 Å². The van der Waals surface area contributed by atoms with Crippen molar-refractivity contribution in [1.82, 2.24) is 4.90 Å². The van der Waals surface area contributed by atoms with E-state index in [0.717, 1.165) is 37.3 Å². The molecule has 0 radical (unpaired) electrons. The third kappa shape index (κ3) is 4.18. The van der Waals surface area contributed by atoms with Gasteiger partial charge in [-0.05, 0) is 29.8 Å². The van der Waals surface area contributed by atoms with Crippen molar-refractivity contribution < 1.29 is 22.7 Å². The molecule has 3 rings (SSSR count). The van der Waals surface area contributed by atoms with Crippen LogP contribution >= 0.6 is 0 Å². The summed E-state index contributed by atoms with van der Waals surface area (Å²) < 4.78 is 45.1. The fourth-order valence-corrected chi connectivity index (χ4v) is 2.61. The van der Waals surface area contributed by atoms with Gasteiger partial charge in [0.1, 0.15) is 0 Å². The maximum atomic E-state index is 13.6. The summed E-state index contributed by atoms with van der Waals surface area (Å²) >= 11 is 0. The Bertz CT molecular complexity index is 760. The van der Waals surface area contributed by atoms with E-state index in [2.05, 4.69) is 10.2 Å². The fraction of sp³-hybridized carbons (Fsp3) is 0.278. The third-order valence-corrected chi connectivity index (χ3v) is 4.00. The number of rotatable bonds is 4. The molecule has 1 saturated heterocycles. The molecule has 1 amide bonds. The van der Waals surface area contributed by atoms with Crippen LogP contribution in [0.2, 0.25) is 0 Å². The number of carbonyl (C=O) groups is 1. The minimum Gasteiger partial charge on any atom is -0.379 e. The van der Waals surface area contributed by atoms with Crippen molar-refractivity contribution in [3.05, 3.63) is 65.0 Å². The van der Waals surface area contributed by atoms with E-state index in [-0.39, 0.29) is 0 Å². The number of morpholine rings is 1. The number of carbonyl (C=O) groups excluding carboxylic acids is 1. The highest BCUT2D eigenvalue weighted by Gasteiger charge is 2.19. The lowest BCUT2D eigenvalue weighted by Gasteiger charge is -2.26. The molecule has 0 atom stereocenters. The second-order valence-electron chi connectivity index (χ2n) is 5.76. The molecule has 0 saturated carbocycles. The van der Waals surface area contributed by atoms with Gasteiger partial charge in [-0.3, -0.25) is 9.69 Å². The second kappa shape index (κ2) is 7.67. The molecule has 2 aromatic carbocycles. The Hall–Kier alpha value is -2.38. The van der Waals surface area contributed by atoms with E-state index in [1.165, 1.54) is 0 Å². The largest absolute Gasteiger partial charge is 0.379 e. The van der Waals surface area contributed by atoms with Crippen molar-refractivity contribution in [1.29, 1.82) is 0 Å². The molecular formula is C18H17F3N2O2. The zero-order chi connectivity index (χ0) is 17.8. The number of amides is 1. The molecule has 1 aliphatic heterocycles. The highest BCUT2D eigenvalue weighted by molar-refractivity contribution is 6.04. The number of anilines is 1. The van der Waals surface area contributed by atoms with Gasteiger partial charge >= 0.3 is 0 Å². The molecule has 0 spiro atoms. The summed E-state index contributed by atoms with van der Waals surface area (Å²) in [6, 6.07) is 8.71. The van der Waals surface area contributed by atoms with Crippen molar-refractivity contribution in [2.24, 2.45) is 0 Å². The van der Waals surface area contributed by atoms with Crippen molar-refractivity contribution in [2.75, 3.05) is 31.6 Å². The third-order valence-electron chi connectivity index (χ3n) is 4.00. The van der Waals surface area contributed by atoms with Crippen LogP contribution in [0.25, 0.3) is 0 Å². The molecule has 132 valence electrons. The topological polar surface area (TPSA) is 41.6 Å². The number of nitrogens with one attached hydrogen (secondary N) is 1. The summed E-state index contributed by atoms with van der Waals surface area (Å²) in [6.07, 6.45) is 0. The molecule has 0 bridgehead atoms. The molecule has 1 aliphatic rings. The molecule has 0 aromatic heterocycles. The van der Waals surface area contributed by atoms with Crippen molar-refractivity contribution in [3.8, 4) is 0 Å². The van der Waals surface area contributed by atoms with Crippen LogP contribution in [-0.2, 0) is 11.3 Å². The molecule has 1 fully saturated rings. The molecule has 0 aliphatic carbocycles. The number of halogens is 3. The zero-order valence-electron chi connectivity index (χ0n) is 13.4. The van der Waals surface area contributed by atoms with Gasteiger partial charge in [0.25, 0.3) is 5.91 Å². The summed E-state index contributed by atoms with van der Waals surface area (Å²) in [6.45, 7) is 3.94. The first kappa shape index (κ1) is 17.4. The minimum absolute atomic E-state index is 0.444. The predicted octanol–water partition coefficient (Wildman–Crippen LogP) is 3.19. The van der Waals surface area contributed by atoms with Gasteiger partial charge in [0.2, 0.25) is 0 Å². The minimum atomic E-state index is -1.66. The van der Waals surface area contributed by atoms with E-state index in [1.807, 2.05) is 12.1 Å². The van der Waals surface area contributed by atoms with Gasteiger partial charge in [-0.15, -0.1) is 0 Å². The normalized spacial score (nSPS) is 15.2. The Morgan fingerprint density at radius 3 is 2.36 bits per heavy atom. The average molecular weight is 350 g/mol. The van der Waals surface area contributed by atoms with Crippen LogP contribution in [0.15, 0.2) is 36.4 Å². The number of hydrogen-bond donors (Lipinski definition) is 1. The Morgan fingerprint density at radius 1 is 1.00 bits per heavy atom. The highest BCUT2D eigenvalue weighted by Crippen LogP contribution is 2.18. The number of hydrogen-bond acceptors (Lipinski definition) is 3. The lowest BCUT2D eigenvalue weighted by molar-refractivity contribution is 0.0342. The summed E-state index contributed by atoms with van der Waals surface area (Å²) in [4.78, 5) is 14.3. The molecule has 2 aromatic rings. The van der Waals surface area contributed by atoms with Crippen LogP contribution in [0, 0.1) is 17.5 Å². The van der Waals surface area contributed by atoms with Crippen LogP contribution < -0.4 is 5.32 Å². The van der Waals surface area contributed by atoms with Crippen LogP contribution in [0.4, 0.5) is 18.9 Å². The van der Waals surface area contributed by atoms with Gasteiger partial charge in [-0.1, -0.05) is 12.1 Å². The maximum absolute atomic E-state index is 13.6.